The van der Waals surface area contributed by atoms with Gasteiger partial charge in [0.25, 0.3) is 5.91 Å². The fraction of sp³-hybridized carbons (Fsp3) is 0.286. The zero-order valence-electron chi connectivity index (χ0n) is 10.8. The maximum Gasteiger partial charge on any atom is 0.290 e. The van der Waals surface area contributed by atoms with Crippen molar-refractivity contribution >= 4 is 39.2 Å². The van der Waals surface area contributed by atoms with Crippen molar-refractivity contribution in [1.29, 1.82) is 0 Å². The number of Topliss-reactive ketones (excluding diaryl/α,β-unsaturated/α-hetero) is 1. The minimum atomic E-state index is -0.633. The van der Waals surface area contributed by atoms with E-state index in [4.69, 9.17) is 11.6 Å². The van der Waals surface area contributed by atoms with Gasteiger partial charge in [-0.15, -0.1) is 0 Å². The number of alkyl halides is 1. The quantitative estimate of drug-likeness (QED) is 0.842. The molecule has 106 valence electrons. The standard InChI is InChI=1S/C14H13BrClNO3/c1-8(18)11-12(9-4-2-3-5-10(9)16)17(7-6-15)14(20)13(11)19/h2-5,12,19H,6-7H2,1H3/t12-/m1/s1. The number of nitrogens with zero attached hydrogens (tertiary/aromatic N) is 1. The van der Waals surface area contributed by atoms with Crippen molar-refractivity contribution in [3.8, 4) is 0 Å². The Balaban J connectivity index is 2.58. The zero-order chi connectivity index (χ0) is 14.9. The van der Waals surface area contributed by atoms with Crippen LogP contribution < -0.4 is 0 Å². The highest BCUT2D eigenvalue weighted by molar-refractivity contribution is 9.09. The van der Waals surface area contributed by atoms with Gasteiger partial charge in [-0.3, -0.25) is 9.59 Å². The van der Waals surface area contributed by atoms with Crippen molar-refractivity contribution < 1.29 is 14.7 Å². The first-order chi connectivity index (χ1) is 9.49. The lowest BCUT2D eigenvalue weighted by Crippen LogP contribution is -2.32. The van der Waals surface area contributed by atoms with Crippen LogP contribution in [0.3, 0.4) is 0 Å². The highest BCUT2D eigenvalue weighted by atomic mass is 79.9. The zero-order valence-corrected chi connectivity index (χ0v) is 13.1. The highest BCUT2D eigenvalue weighted by Crippen LogP contribution is 2.40. The van der Waals surface area contributed by atoms with Crippen LogP contribution in [0.25, 0.3) is 0 Å². The number of hydrogen-bond acceptors (Lipinski definition) is 3. The number of benzene rings is 1. The summed E-state index contributed by atoms with van der Waals surface area (Å²) in [5.41, 5.74) is 0.738. The molecule has 0 saturated carbocycles. The number of rotatable bonds is 4. The molecule has 0 fully saturated rings. The molecule has 1 aromatic rings. The van der Waals surface area contributed by atoms with E-state index in [-0.39, 0.29) is 11.4 Å². The van der Waals surface area contributed by atoms with Crippen molar-refractivity contribution in [2.45, 2.75) is 13.0 Å². The Morgan fingerprint density at radius 3 is 2.65 bits per heavy atom. The van der Waals surface area contributed by atoms with Crippen LogP contribution >= 0.6 is 27.5 Å². The first-order valence-corrected chi connectivity index (χ1v) is 7.54. The van der Waals surface area contributed by atoms with E-state index in [9.17, 15) is 14.7 Å². The second-order valence-electron chi connectivity index (χ2n) is 4.43. The predicted molar refractivity (Wildman–Crippen MR) is 80.0 cm³/mol. The van der Waals surface area contributed by atoms with E-state index in [2.05, 4.69) is 15.9 Å². The molecular formula is C14H13BrClNO3. The smallest absolute Gasteiger partial charge is 0.290 e. The van der Waals surface area contributed by atoms with Crippen LogP contribution in [0.5, 0.6) is 0 Å². The summed E-state index contributed by atoms with van der Waals surface area (Å²) in [5.74, 6) is -1.36. The highest BCUT2D eigenvalue weighted by Gasteiger charge is 2.42. The lowest BCUT2D eigenvalue weighted by molar-refractivity contribution is -0.129. The van der Waals surface area contributed by atoms with Crippen molar-refractivity contribution in [2.75, 3.05) is 11.9 Å². The van der Waals surface area contributed by atoms with Gasteiger partial charge >= 0.3 is 0 Å². The minimum Gasteiger partial charge on any atom is -0.503 e. The van der Waals surface area contributed by atoms with E-state index in [1.807, 2.05) is 0 Å². The number of carbonyl (C=O) groups excluding carboxylic acids is 2. The van der Waals surface area contributed by atoms with Crippen LogP contribution in [0.2, 0.25) is 5.02 Å². The molecule has 1 N–H and O–H groups in total. The summed E-state index contributed by atoms with van der Waals surface area (Å²) in [6.45, 7) is 1.70. The Kier molecular flexibility index (Phi) is 4.50. The van der Waals surface area contributed by atoms with E-state index in [1.165, 1.54) is 11.8 Å². The number of carbonyl (C=O) groups is 2. The molecule has 2 rings (SSSR count). The molecule has 4 nitrogen and oxygen atoms in total. The Morgan fingerprint density at radius 2 is 2.10 bits per heavy atom. The fourth-order valence-corrected chi connectivity index (χ4v) is 2.98. The van der Waals surface area contributed by atoms with E-state index in [1.54, 1.807) is 24.3 Å². The summed E-state index contributed by atoms with van der Waals surface area (Å²) >= 11 is 9.44. The average molecular weight is 359 g/mol. The Bertz CT molecular complexity index is 600. The predicted octanol–water partition coefficient (Wildman–Crippen LogP) is 3.02. The number of hydrogen-bond donors (Lipinski definition) is 1. The molecule has 1 aromatic carbocycles. The Morgan fingerprint density at radius 1 is 1.45 bits per heavy atom. The van der Waals surface area contributed by atoms with Gasteiger partial charge in [-0.2, -0.15) is 0 Å². The molecule has 0 radical (unpaired) electrons. The summed E-state index contributed by atoms with van der Waals surface area (Å²) in [7, 11) is 0. The Labute approximate surface area is 130 Å². The summed E-state index contributed by atoms with van der Waals surface area (Å²) in [6, 6.07) is 6.37. The number of halogens is 2. The maximum absolute atomic E-state index is 12.1. The summed E-state index contributed by atoms with van der Waals surface area (Å²) in [4.78, 5) is 25.3. The molecule has 1 heterocycles. The first kappa shape index (κ1) is 15.1. The average Bonchev–Trinajstić information content (AvgIpc) is 2.65. The van der Waals surface area contributed by atoms with Crippen LogP contribution in [-0.2, 0) is 9.59 Å². The largest absolute Gasteiger partial charge is 0.503 e. The van der Waals surface area contributed by atoms with Gasteiger partial charge in [0.05, 0.1) is 11.6 Å². The van der Waals surface area contributed by atoms with E-state index >= 15 is 0 Å². The van der Waals surface area contributed by atoms with Crippen molar-refractivity contribution in [2.24, 2.45) is 0 Å². The monoisotopic (exact) mass is 357 g/mol. The molecule has 20 heavy (non-hydrogen) atoms. The molecule has 0 unspecified atom stereocenters. The van der Waals surface area contributed by atoms with Gasteiger partial charge in [0.1, 0.15) is 0 Å². The molecule has 0 spiro atoms. The van der Waals surface area contributed by atoms with Crippen molar-refractivity contribution in [1.82, 2.24) is 4.90 Å². The number of aliphatic hydroxyl groups excluding tert-OH is 1. The first-order valence-electron chi connectivity index (χ1n) is 6.04. The third-order valence-electron chi connectivity index (χ3n) is 3.21. The van der Waals surface area contributed by atoms with E-state index in [0.717, 1.165) is 0 Å². The van der Waals surface area contributed by atoms with Crippen LogP contribution in [0, 0.1) is 0 Å². The molecule has 0 saturated heterocycles. The fourth-order valence-electron chi connectivity index (χ4n) is 2.36. The second-order valence-corrected chi connectivity index (χ2v) is 5.63. The van der Waals surface area contributed by atoms with Gasteiger partial charge in [-0.1, -0.05) is 45.7 Å². The van der Waals surface area contributed by atoms with Gasteiger partial charge in [-0.25, -0.2) is 0 Å². The molecule has 0 bridgehead atoms. The minimum absolute atomic E-state index is 0.101. The number of amides is 1. The summed E-state index contributed by atoms with van der Waals surface area (Å²) in [6.07, 6.45) is 0. The van der Waals surface area contributed by atoms with Crippen molar-refractivity contribution in [3.05, 3.63) is 46.2 Å². The SMILES string of the molecule is CC(=O)C1=C(O)C(=O)N(CCBr)[C@@H]1c1ccccc1Cl. The van der Waals surface area contributed by atoms with E-state index < -0.39 is 17.7 Å². The van der Waals surface area contributed by atoms with Gasteiger partial charge in [0, 0.05) is 16.9 Å². The molecule has 1 aliphatic heterocycles. The third-order valence-corrected chi connectivity index (χ3v) is 3.91. The lowest BCUT2D eigenvalue weighted by atomic mass is 9.97. The van der Waals surface area contributed by atoms with Crippen LogP contribution in [0.4, 0.5) is 0 Å². The van der Waals surface area contributed by atoms with Gasteiger partial charge in [0.2, 0.25) is 0 Å². The normalized spacial score (nSPS) is 18.9. The van der Waals surface area contributed by atoms with Gasteiger partial charge in [0.15, 0.2) is 11.5 Å². The topological polar surface area (TPSA) is 57.6 Å². The molecule has 1 aliphatic rings. The molecule has 0 aromatic heterocycles. The molecule has 6 heteroatoms. The van der Waals surface area contributed by atoms with Gasteiger partial charge < -0.3 is 10.0 Å². The van der Waals surface area contributed by atoms with Crippen LogP contribution in [-0.4, -0.2) is 33.6 Å². The summed E-state index contributed by atoms with van der Waals surface area (Å²) in [5, 5.41) is 11.0. The second kappa shape index (κ2) is 5.97. The molecule has 1 atom stereocenters. The van der Waals surface area contributed by atoms with Crippen molar-refractivity contribution in [3.63, 3.8) is 0 Å². The molecular weight excluding hydrogens is 346 g/mol. The lowest BCUT2D eigenvalue weighted by Gasteiger charge is -2.26. The maximum atomic E-state index is 12.1. The van der Waals surface area contributed by atoms with Gasteiger partial charge in [-0.05, 0) is 18.6 Å². The third kappa shape index (κ3) is 2.47. The Hall–Kier alpha value is -1.33. The molecule has 1 amide bonds. The number of aliphatic hydroxyl groups is 1. The molecule has 0 aliphatic carbocycles. The summed E-state index contributed by atoms with van der Waals surface area (Å²) < 4.78 is 0. The van der Waals surface area contributed by atoms with Crippen LogP contribution in [0.1, 0.15) is 18.5 Å². The van der Waals surface area contributed by atoms with E-state index in [0.29, 0.717) is 22.5 Å². The van der Waals surface area contributed by atoms with Crippen LogP contribution in [0.15, 0.2) is 35.6 Å². The number of ketones is 1.